The Bertz CT molecular complexity index is 471. The highest BCUT2D eigenvalue weighted by Crippen LogP contribution is 2.09. The lowest BCUT2D eigenvalue weighted by Crippen LogP contribution is -2.18. The smallest absolute Gasteiger partial charge is 0.0791 e. The van der Waals surface area contributed by atoms with Crippen molar-refractivity contribution in [2.75, 3.05) is 0 Å². The summed E-state index contributed by atoms with van der Waals surface area (Å²) < 4.78 is 3.76. The summed E-state index contributed by atoms with van der Waals surface area (Å²) >= 11 is 0. The molecule has 0 aromatic carbocycles. The van der Waals surface area contributed by atoms with Gasteiger partial charge in [0.25, 0.3) is 0 Å². The van der Waals surface area contributed by atoms with E-state index in [1.54, 1.807) is 0 Å². The molecule has 1 unspecified atom stereocenters. The minimum absolute atomic E-state index is 0.251. The Balaban J connectivity index is 1.89. The van der Waals surface area contributed by atoms with E-state index >= 15 is 0 Å². The van der Waals surface area contributed by atoms with Gasteiger partial charge in [-0.2, -0.15) is 10.2 Å². The van der Waals surface area contributed by atoms with Gasteiger partial charge in [-0.3, -0.25) is 9.36 Å². The molecule has 0 amide bonds. The molecule has 0 saturated heterocycles. The van der Waals surface area contributed by atoms with E-state index in [0.29, 0.717) is 0 Å². The Morgan fingerprint density at radius 2 is 2.29 bits per heavy atom. The van der Waals surface area contributed by atoms with Crippen molar-refractivity contribution in [3.63, 3.8) is 0 Å². The summed E-state index contributed by atoms with van der Waals surface area (Å²) in [6, 6.07) is 2.29. The van der Waals surface area contributed by atoms with Gasteiger partial charge in [0.05, 0.1) is 11.9 Å². The van der Waals surface area contributed by atoms with Crippen LogP contribution in [0.5, 0.6) is 0 Å². The molecule has 0 spiro atoms. The van der Waals surface area contributed by atoms with E-state index in [2.05, 4.69) is 35.6 Å². The van der Waals surface area contributed by atoms with Crippen LogP contribution in [-0.4, -0.2) is 19.6 Å². The van der Waals surface area contributed by atoms with Gasteiger partial charge < -0.3 is 5.32 Å². The highest BCUT2D eigenvalue weighted by Gasteiger charge is 2.08. The van der Waals surface area contributed by atoms with Crippen LogP contribution in [-0.2, 0) is 20.1 Å². The van der Waals surface area contributed by atoms with Gasteiger partial charge in [0.2, 0.25) is 0 Å². The normalized spacial score (nSPS) is 12.9. The molecule has 2 aromatic rings. The van der Waals surface area contributed by atoms with Gasteiger partial charge in [0, 0.05) is 44.1 Å². The van der Waals surface area contributed by atoms with E-state index < -0.39 is 0 Å². The molecule has 0 aliphatic rings. The lowest BCUT2D eigenvalue weighted by Gasteiger charge is -2.09. The zero-order valence-electron chi connectivity index (χ0n) is 10.6. The van der Waals surface area contributed by atoms with Crippen LogP contribution < -0.4 is 5.32 Å². The average Bonchev–Trinajstić information content (AvgIpc) is 2.94. The molecule has 2 rings (SSSR count). The predicted octanol–water partition coefficient (Wildman–Crippen LogP) is 1.49. The first-order valence-corrected chi connectivity index (χ1v) is 5.93. The van der Waals surface area contributed by atoms with E-state index in [1.807, 2.05) is 34.9 Å². The van der Waals surface area contributed by atoms with E-state index in [9.17, 15) is 0 Å². The third-order valence-corrected chi connectivity index (χ3v) is 2.80. The van der Waals surface area contributed by atoms with Gasteiger partial charge in [-0.1, -0.05) is 0 Å². The fraction of sp³-hybridized carbons (Fsp3) is 0.500. The molecule has 1 atom stereocenters. The van der Waals surface area contributed by atoms with Crippen LogP contribution in [0.15, 0.2) is 24.7 Å². The number of hydrogen-bond acceptors (Lipinski definition) is 3. The molecule has 0 fully saturated rings. The second kappa shape index (κ2) is 5.14. The quantitative estimate of drug-likeness (QED) is 0.851. The second-order valence-corrected chi connectivity index (χ2v) is 4.22. The van der Waals surface area contributed by atoms with E-state index in [-0.39, 0.29) is 6.04 Å². The number of nitrogens with zero attached hydrogens (tertiary/aromatic N) is 4. The third kappa shape index (κ3) is 2.94. The van der Waals surface area contributed by atoms with Gasteiger partial charge in [-0.25, -0.2) is 0 Å². The van der Waals surface area contributed by atoms with Crippen LogP contribution >= 0.6 is 0 Å². The topological polar surface area (TPSA) is 47.7 Å². The molecule has 17 heavy (non-hydrogen) atoms. The summed E-state index contributed by atoms with van der Waals surface area (Å²) in [7, 11) is 1.93. The standard InChI is InChI=1S/C12H19N5/c1-4-17-9-11(8-14-17)7-13-10(2)12-5-6-16(3)15-12/h5-6,8-10,13H,4,7H2,1-3H3. The van der Waals surface area contributed by atoms with Crippen LogP contribution in [0.1, 0.15) is 31.1 Å². The van der Waals surface area contributed by atoms with Crippen molar-refractivity contribution < 1.29 is 0 Å². The van der Waals surface area contributed by atoms with Crippen molar-refractivity contribution in [1.82, 2.24) is 24.9 Å². The van der Waals surface area contributed by atoms with E-state index in [4.69, 9.17) is 0 Å². The van der Waals surface area contributed by atoms with Crippen molar-refractivity contribution in [2.24, 2.45) is 7.05 Å². The largest absolute Gasteiger partial charge is 0.305 e. The molecule has 0 aliphatic carbocycles. The fourth-order valence-electron chi connectivity index (χ4n) is 1.71. The van der Waals surface area contributed by atoms with Crippen molar-refractivity contribution in [1.29, 1.82) is 0 Å². The zero-order chi connectivity index (χ0) is 12.3. The molecular weight excluding hydrogens is 214 g/mol. The Morgan fingerprint density at radius 1 is 1.47 bits per heavy atom. The Labute approximate surface area is 101 Å². The first-order chi connectivity index (χ1) is 8.19. The van der Waals surface area contributed by atoms with Gasteiger partial charge >= 0.3 is 0 Å². The first-order valence-electron chi connectivity index (χ1n) is 5.93. The zero-order valence-corrected chi connectivity index (χ0v) is 10.6. The summed E-state index contributed by atoms with van der Waals surface area (Å²) in [5.41, 5.74) is 2.27. The van der Waals surface area contributed by atoms with Crippen molar-refractivity contribution in [3.05, 3.63) is 35.9 Å². The van der Waals surface area contributed by atoms with Crippen LogP contribution in [0.2, 0.25) is 0 Å². The van der Waals surface area contributed by atoms with Gasteiger partial charge in [-0.15, -0.1) is 0 Å². The summed E-state index contributed by atoms with van der Waals surface area (Å²) in [4.78, 5) is 0. The van der Waals surface area contributed by atoms with E-state index in [1.165, 1.54) is 5.56 Å². The molecule has 5 heteroatoms. The number of aromatic nitrogens is 4. The van der Waals surface area contributed by atoms with Crippen LogP contribution in [0.3, 0.4) is 0 Å². The number of aryl methyl sites for hydroxylation is 2. The molecular formula is C12H19N5. The minimum Gasteiger partial charge on any atom is -0.305 e. The highest BCUT2D eigenvalue weighted by molar-refractivity contribution is 5.07. The monoisotopic (exact) mass is 233 g/mol. The first kappa shape index (κ1) is 11.9. The minimum atomic E-state index is 0.251. The molecule has 0 aliphatic heterocycles. The molecule has 0 saturated carbocycles. The van der Waals surface area contributed by atoms with Crippen molar-refractivity contribution >= 4 is 0 Å². The Hall–Kier alpha value is -1.62. The number of nitrogens with one attached hydrogen (secondary N) is 1. The molecule has 2 heterocycles. The molecule has 2 aromatic heterocycles. The SMILES string of the molecule is CCn1cc(CNC(C)c2ccn(C)n2)cn1. The number of hydrogen-bond donors (Lipinski definition) is 1. The van der Waals surface area contributed by atoms with Crippen molar-refractivity contribution in [2.45, 2.75) is 33.0 Å². The van der Waals surface area contributed by atoms with Gasteiger partial charge in [-0.05, 0) is 19.9 Å². The summed E-state index contributed by atoms with van der Waals surface area (Å²) in [5, 5.41) is 12.1. The maximum absolute atomic E-state index is 4.38. The average molecular weight is 233 g/mol. The van der Waals surface area contributed by atoms with Gasteiger partial charge in [0.15, 0.2) is 0 Å². The highest BCUT2D eigenvalue weighted by atomic mass is 15.3. The Morgan fingerprint density at radius 3 is 2.88 bits per heavy atom. The fourth-order valence-corrected chi connectivity index (χ4v) is 1.71. The Kier molecular flexibility index (Phi) is 3.58. The summed E-state index contributed by atoms with van der Waals surface area (Å²) in [6.45, 7) is 5.93. The van der Waals surface area contributed by atoms with Crippen LogP contribution in [0.4, 0.5) is 0 Å². The predicted molar refractivity (Wildman–Crippen MR) is 66.4 cm³/mol. The molecule has 1 N–H and O–H groups in total. The lowest BCUT2D eigenvalue weighted by atomic mass is 10.2. The van der Waals surface area contributed by atoms with Crippen LogP contribution in [0, 0.1) is 0 Å². The van der Waals surface area contributed by atoms with E-state index in [0.717, 1.165) is 18.8 Å². The molecule has 0 bridgehead atoms. The maximum Gasteiger partial charge on any atom is 0.0791 e. The van der Waals surface area contributed by atoms with Gasteiger partial charge in [0.1, 0.15) is 0 Å². The molecule has 5 nitrogen and oxygen atoms in total. The summed E-state index contributed by atoms with van der Waals surface area (Å²) in [5.74, 6) is 0. The lowest BCUT2D eigenvalue weighted by molar-refractivity contribution is 0.551. The number of rotatable bonds is 5. The summed E-state index contributed by atoms with van der Waals surface area (Å²) in [6.07, 6.45) is 5.93. The maximum atomic E-state index is 4.38. The molecule has 0 radical (unpaired) electrons. The van der Waals surface area contributed by atoms with Crippen molar-refractivity contribution in [3.8, 4) is 0 Å². The third-order valence-electron chi connectivity index (χ3n) is 2.80. The van der Waals surface area contributed by atoms with Crippen LogP contribution in [0.25, 0.3) is 0 Å². The molecule has 92 valence electrons. The second-order valence-electron chi connectivity index (χ2n) is 4.22.